The monoisotopic (exact) mass is 420 g/mol. The number of nitrogens with zero attached hydrogens (tertiary/aromatic N) is 2. The second-order valence-corrected chi connectivity index (χ2v) is 8.52. The van der Waals surface area contributed by atoms with Crippen LogP contribution in [0.3, 0.4) is 0 Å². The van der Waals surface area contributed by atoms with Gasteiger partial charge < -0.3 is 4.74 Å². The molecule has 1 atom stereocenters. The molecule has 4 rings (SSSR count). The molecule has 0 radical (unpaired) electrons. The van der Waals surface area contributed by atoms with Crippen molar-refractivity contribution in [1.82, 2.24) is 9.55 Å². The Hall–Kier alpha value is -1.11. The lowest BCUT2D eigenvalue weighted by Gasteiger charge is -2.17. The first-order valence-electron chi connectivity index (χ1n) is 8.82. The number of hydrogen-bond acceptors (Lipinski definition) is 4. The Morgan fingerprint density at radius 1 is 1.24 bits per heavy atom. The van der Waals surface area contributed by atoms with E-state index >= 15 is 0 Å². The Morgan fingerprint density at radius 3 is 2.84 bits per heavy atom. The van der Waals surface area contributed by atoms with Gasteiger partial charge in [0.05, 0.1) is 12.6 Å². The summed E-state index contributed by atoms with van der Waals surface area (Å²) in [6, 6.07) is 8.31. The van der Waals surface area contributed by atoms with E-state index in [0.717, 1.165) is 54.0 Å². The number of benzene rings is 1. The minimum Gasteiger partial charge on any atom is -0.376 e. The zero-order chi connectivity index (χ0) is 17.2. The van der Waals surface area contributed by atoms with Crippen LogP contribution in [0, 0.1) is 0 Å². The highest BCUT2D eigenvalue weighted by Crippen LogP contribution is 2.31. The van der Waals surface area contributed by atoms with E-state index in [0.29, 0.717) is 6.54 Å². The van der Waals surface area contributed by atoms with Gasteiger partial charge in [0.1, 0.15) is 5.03 Å². The van der Waals surface area contributed by atoms with Crippen molar-refractivity contribution in [3.63, 3.8) is 0 Å². The molecule has 0 amide bonds. The van der Waals surface area contributed by atoms with Gasteiger partial charge in [0, 0.05) is 28.1 Å². The normalized spacial score (nSPS) is 19.3. The number of rotatable bonds is 5. The van der Waals surface area contributed by atoms with E-state index in [1.807, 2.05) is 16.7 Å². The molecule has 2 aromatic rings. The maximum absolute atomic E-state index is 12.6. The van der Waals surface area contributed by atoms with E-state index in [9.17, 15) is 4.79 Å². The molecule has 1 fully saturated rings. The fourth-order valence-electron chi connectivity index (χ4n) is 3.62. The van der Waals surface area contributed by atoms with Gasteiger partial charge in [0.2, 0.25) is 0 Å². The zero-order valence-electron chi connectivity index (χ0n) is 14.0. The molecule has 2 heterocycles. The van der Waals surface area contributed by atoms with Crippen molar-refractivity contribution >= 4 is 27.7 Å². The van der Waals surface area contributed by atoms with Crippen molar-refractivity contribution in [3.8, 4) is 0 Å². The van der Waals surface area contributed by atoms with Gasteiger partial charge in [-0.1, -0.05) is 28.1 Å². The highest BCUT2D eigenvalue weighted by molar-refractivity contribution is 9.10. The summed E-state index contributed by atoms with van der Waals surface area (Å²) in [5.41, 5.74) is 3.59. The molecule has 132 valence electrons. The third-order valence-corrected chi connectivity index (χ3v) is 6.52. The summed E-state index contributed by atoms with van der Waals surface area (Å²) < 4.78 is 8.68. The predicted molar refractivity (Wildman–Crippen MR) is 103 cm³/mol. The van der Waals surface area contributed by atoms with E-state index in [1.165, 1.54) is 16.8 Å². The lowest BCUT2D eigenvalue weighted by Crippen LogP contribution is -2.31. The number of hydrogen-bond donors (Lipinski definition) is 0. The predicted octanol–water partition coefficient (Wildman–Crippen LogP) is 3.97. The van der Waals surface area contributed by atoms with Crippen LogP contribution in [0.4, 0.5) is 0 Å². The lowest BCUT2D eigenvalue weighted by molar-refractivity contribution is 0.0950. The van der Waals surface area contributed by atoms with Crippen molar-refractivity contribution in [2.75, 3.05) is 6.61 Å². The Balaban J connectivity index is 1.56. The van der Waals surface area contributed by atoms with Crippen molar-refractivity contribution in [2.24, 2.45) is 0 Å². The summed E-state index contributed by atoms with van der Waals surface area (Å²) in [5.74, 6) is 0.835. The topological polar surface area (TPSA) is 44.1 Å². The summed E-state index contributed by atoms with van der Waals surface area (Å²) >= 11 is 5.14. The Morgan fingerprint density at radius 2 is 2.08 bits per heavy atom. The molecule has 2 aliphatic rings. The second kappa shape index (κ2) is 7.64. The maximum Gasteiger partial charge on any atom is 0.348 e. The number of halogens is 1. The first-order valence-corrected chi connectivity index (χ1v) is 10.6. The minimum absolute atomic E-state index is 0.116. The number of fused-ring (bicyclic) bond motifs is 1. The van der Waals surface area contributed by atoms with Gasteiger partial charge in [-0.2, -0.15) is 4.98 Å². The van der Waals surface area contributed by atoms with Crippen molar-refractivity contribution in [3.05, 3.63) is 56.0 Å². The molecule has 25 heavy (non-hydrogen) atoms. The van der Waals surface area contributed by atoms with Gasteiger partial charge in [-0.05, 0) is 49.8 Å². The van der Waals surface area contributed by atoms with Crippen LogP contribution in [0.15, 0.2) is 38.6 Å². The summed E-state index contributed by atoms with van der Waals surface area (Å²) in [6.45, 7) is 1.47. The first kappa shape index (κ1) is 17.3. The number of ether oxygens (including phenoxy) is 1. The largest absolute Gasteiger partial charge is 0.376 e. The zero-order valence-corrected chi connectivity index (χ0v) is 16.4. The van der Waals surface area contributed by atoms with Crippen LogP contribution < -0.4 is 5.69 Å². The molecule has 4 nitrogen and oxygen atoms in total. The lowest BCUT2D eigenvalue weighted by atomic mass is 10.2. The van der Waals surface area contributed by atoms with E-state index in [4.69, 9.17) is 4.74 Å². The number of thioether (sulfide) groups is 1. The Labute approximate surface area is 160 Å². The van der Waals surface area contributed by atoms with Crippen LogP contribution in [-0.4, -0.2) is 22.3 Å². The van der Waals surface area contributed by atoms with E-state index in [-0.39, 0.29) is 11.8 Å². The standard InChI is InChI=1S/C19H21BrN2O2S/c20-14-8-6-13(7-9-14)12-25-18-16-4-1-5-17(16)22(19(23)21-18)11-15-3-2-10-24-15/h6-9,15H,1-5,10-12H2/t15-/m0/s1. The van der Waals surface area contributed by atoms with Crippen LogP contribution >= 0.6 is 27.7 Å². The van der Waals surface area contributed by atoms with Gasteiger partial charge in [-0.3, -0.25) is 4.57 Å². The van der Waals surface area contributed by atoms with Crippen LogP contribution in [0.1, 0.15) is 36.1 Å². The van der Waals surface area contributed by atoms with Gasteiger partial charge in [-0.25, -0.2) is 4.79 Å². The molecule has 0 saturated carbocycles. The van der Waals surface area contributed by atoms with E-state index in [1.54, 1.807) is 11.8 Å². The molecule has 1 aromatic carbocycles. The van der Waals surface area contributed by atoms with Crippen molar-refractivity contribution in [2.45, 2.75) is 55.5 Å². The molecule has 0 spiro atoms. The molecular formula is C19H21BrN2O2S. The third-order valence-electron chi connectivity index (χ3n) is 4.90. The highest BCUT2D eigenvalue weighted by Gasteiger charge is 2.25. The average Bonchev–Trinajstić information content (AvgIpc) is 3.29. The first-order chi connectivity index (χ1) is 12.2. The summed E-state index contributed by atoms with van der Waals surface area (Å²) in [6.07, 6.45) is 5.42. The van der Waals surface area contributed by atoms with Gasteiger partial charge in [-0.15, -0.1) is 11.8 Å². The Bertz CT molecular complexity index is 813. The second-order valence-electron chi connectivity index (χ2n) is 6.64. The Kier molecular flexibility index (Phi) is 5.29. The summed E-state index contributed by atoms with van der Waals surface area (Å²) in [4.78, 5) is 17.0. The van der Waals surface area contributed by atoms with Crippen molar-refractivity contribution < 1.29 is 4.74 Å². The summed E-state index contributed by atoms with van der Waals surface area (Å²) in [5, 5.41) is 0.920. The minimum atomic E-state index is -0.116. The average molecular weight is 421 g/mol. The van der Waals surface area contributed by atoms with E-state index in [2.05, 4.69) is 33.0 Å². The smallest absolute Gasteiger partial charge is 0.348 e. The van der Waals surface area contributed by atoms with Crippen LogP contribution in [0.5, 0.6) is 0 Å². The van der Waals surface area contributed by atoms with Gasteiger partial charge in [0.25, 0.3) is 0 Å². The quantitative estimate of drug-likeness (QED) is 0.542. The van der Waals surface area contributed by atoms with Crippen LogP contribution in [0.2, 0.25) is 0 Å². The maximum atomic E-state index is 12.6. The molecule has 0 unspecified atom stereocenters. The highest BCUT2D eigenvalue weighted by atomic mass is 79.9. The molecule has 6 heteroatoms. The molecule has 1 aromatic heterocycles. The molecule has 0 bridgehead atoms. The molecule has 0 N–H and O–H groups in total. The number of aromatic nitrogens is 2. The van der Waals surface area contributed by atoms with Gasteiger partial charge >= 0.3 is 5.69 Å². The summed E-state index contributed by atoms with van der Waals surface area (Å²) in [7, 11) is 0. The molecule has 1 aliphatic carbocycles. The van der Waals surface area contributed by atoms with Gasteiger partial charge in [0.15, 0.2) is 0 Å². The fourth-order valence-corrected chi connectivity index (χ4v) is 4.92. The van der Waals surface area contributed by atoms with E-state index < -0.39 is 0 Å². The molecule has 1 aliphatic heterocycles. The third kappa shape index (κ3) is 3.86. The van der Waals surface area contributed by atoms with Crippen LogP contribution in [-0.2, 0) is 29.9 Å². The van der Waals surface area contributed by atoms with Crippen LogP contribution in [0.25, 0.3) is 0 Å². The van der Waals surface area contributed by atoms with Crippen molar-refractivity contribution in [1.29, 1.82) is 0 Å². The molecule has 1 saturated heterocycles. The SMILES string of the molecule is O=c1nc(SCc2ccc(Br)cc2)c2c(n1C[C@@H]1CCCO1)CCC2. The fraction of sp³-hybridized carbons (Fsp3) is 0.474. The molecular weight excluding hydrogens is 400 g/mol.